The van der Waals surface area contributed by atoms with Gasteiger partial charge in [-0.2, -0.15) is 0 Å². The van der Waals surface area contributed by atoms with Crippen LogP contribution >= 0.6 is 15.9 Å². The number of benzene rings is 2. The van der Waals surface area contributed by atoms with Gasteiger partial charge < -0.3 is 19.5 Å². The van der Waals surface area contributed by atoms with Crippen LogP contribution in [-0.2, 0) is 22.5 Å². The summed E-state index contributed by atoms with van der Waals surface area (Å²) in [6, 6.07) is 11.7. The zero-order chi connectivity index (χ0) is 21.3. The van der Waals surface area contributed by atoms with Crippen LogP contribution in [0.3, 0.4) is 0 Å². The minimum atomic E-state index is -0.0779. The zero-order valence-electron chi connectivity index (χ0n) is 17.6. The summed E-state index contributed by atoms with van der Waals surface area (Å²) in [7, 11) is 0. The number of carbonyl (C=O) groups excluding carboxylic acids is 1. The third-order valence-electron chi connectivity index (χ3n) is 4.78. The van der Waals surface area contributed by atoms with Gasteiger partial charge in [0.25, 0.3) is 0 Å². The Kier molecular flexibility index (Phi) is 8.54. The van der Waals surface area contributed by atoms with E-state index in [1.165, 1.54) is 5.56 Å². The lowest BCUT2D eigenvalue weighted by Crippen LogP contribution is -2.35. The Labute approximate surface area is 186 Å². The second-order valence-corrected chi connectivity index (χ2v) is 7.92. The molecule has 3 rings (SSSR count). The summed E-state index contributed by atoms with van der Waals surface area (Å²) in [4.78, 5) is 15.0. The Balaban J connectivity index is 1.65. The van der Waals surface area contributed by atoms with Crippen molar-refractivity contribution < 1.29 is 19.0 Å². The topological polar surface area (TPSA) is 60.0 Å². The standard InChI is InChI=1S/C23H29BrN2O4/c1-3-29-21-13-18(20(24)15-22(21)30-4-2)14-23(27)25-19-7-5-6-17(12-19)16-26-8-10-28-11-9-26/h5-7,12-13,15H,3-4,8-11,14,16H2,1-2H3,(H,25,27). The highest BCUT2D eigenvalue weighted by atomic mass is 79.9. The van der Waals surface area contributed by atoms with Crippen molar-refractivity contribution in [3.05, 3.63) is 52.0 Å². The average molecular weight is 477 g/mol. The Morgan fingerprint density at radius 2 is 1.80 bits per heavy atom. The number of morpholine rings is 1. The molecule has 0 bridgehead atoms. The second-order valence-electron chi connectivity index (χ2n) is 7.07. The molecule has 1 saturated heterocycles. The predicted molar refractivity (Wildman–Crippen MR) is 121 cm³/mol. The largest absolute Gasteiger partial charge is 0.490 e. The first kappa shape index (κ1) is 22.6. The number of hydrogen-bond acceptors (Lipinski definition) is 5. The van der Waals surface area contributed by atoms with Crippen LogP contribution < -0.4 is 14.8 Å². The number of halogens is 1. The first-order valence-corrected chi connectivity index (χ1v) is 11.1. The van der Waals surface area contributed by atoms with E-state index in [1.54, 1.807) is 0 Å². The van der Waals surface area contributed by atoms with Crippen LogP contribution in [0.1, 0.15) is 25.0 Å². The molecule has 162 valence electrons. The first-order chi connectivity index (χ1) is 14.6. The summed E-state index contributed by atoms with van der Waals surface area (Å²) in [5.74, 6) is 1.25. The number of amides is 1. The highest BCUT2D eigenvalue weighted by Crippen LogP contribution is 2.34. The van der Waals surface area contributed by atoms with Gasteiger partial charge in [-0.15, -0.1) is 0 Å². The van der Waals surface area contributed by atoms with Crippen LogP contribution in [0, 0.1) is 0 Å². The fourth-order valence-corrected chi connectivity index (χ4v) is 3.85. The molecule has 1 aliphatic heterocycles. The van der Waals surface area contributed by atoms with Crippen LogP contribution in [0.2, 0.25) is 0 Å². The quantitative estimate of drug-likeness (QED) is 0.585. The van der Waals surface area contributed by atoms with Crippen LogP contribution in [0.5, 0.6) is 11.5 Å². The van der Waals surface area contributed by atoms with E-state index in [2.05, 4.69) is 32.2 Å². The summed E-state index contributed by atoms with van der Waals surface area (Å²) >= 11 is 3.55. The minimum Gasteiger partial charge on any atom is -0.490 e. The molecule has 2 aromatic carbocycles. The van der Waals surface area contributed by atoms with E-state index in [1.807, 2.05) is 44.2 Å². The molecule has 0 saturated carbocycles. The third-order valence-corrected chi connectivity index (χ3v) is 5.52. The van der Waals surface area contributed by atoms with Gasteiger partial charge in [-0.25, -0.2) is 0 Å². The van der Waals surface area contributed by atoms with E-state index in [0.29, 0.717) is 24.7 Å². The number of hydrogen-bond donors (Lipinski definition) is 1. The summed E-state index contributed by atoms with van der Waals surface area (Å²) < 4.78 is 17.5. The van der Waals surface area contributed by atoms with Gasteiger partial charge >= 0.3 is 0 Å². The van der Waals surface area contributed by atoms with Crippen LogP contribution in [-0.4, -0.2) is 50.3 Å². The number of anilines is 1. The predicted octanol–water partition coefficient (Wildman–Crippen LogP) is 4.26. The molecule has 1 heterocycles. The molecule has 0 unspecified atom stereocenters. The SMILES string of the molecule is CCOc1cc(Br)c(CC(=O)Nc2cccc(CN3CCOCC3)c2)cc1OCC. The molecule has 2 aromatic rings. The molecule has 6 nitrogen and oxygen atoms in total. The summed E-state index contributed by atoms with van der Waals surface area (Å²) in [5.41, 5.74) is 2.83. The lowest BCUT2D eigenvalue weighted by atomic mass is 10.1. The smallest absolute Gasteiger partial charge is 0.228 e. The van der Waals surface area contributed by atoms with Crippen molar-refractivity contribution in [3.63, 3.8) is 0 Å². The average Bonchev–Trinajstić information content (AvgIpc) is 2.72. The van der Waals surface area contributed by atoms with Crippen molar-refractivity contribution in [1.29, 1.82) is 0 Å². The van der Waals surface area contributed by atoms with Crippen LogP contribution in [0.25, 0.3) is 0 Å². The van der Waals surface area contributed by atoms with Gasteiger partial charge in [-0.3, -0.25) is 9.69 Å². The molecule has 1 fully saturated rings. The number of nitrogens with zero attached hydrogens (tertiary/aromatic N) is 1. The number of rotatable bonds is 9. The number of ether oxygens (including phenoxy) is 3. The van der Waals surface area contributed by atoms with Crippen molar-refractivity contribution in [2.75, 3.05) is 44.8 Å². The Morgan fingerprint density at radius 1 is 1.10 bits per heavy atom. The third kappa shape index (κ3) is 6.45. The van der Waals surface area contributed by atoms with E-state index in [4.69, 9.17) is 14.2 Å². The van der Waals surface area contributed by atoms with Crippen LogP contribution in [0.4, 0.5) is 5.69 Å². The lowest BCUT2D eigenvalue weighted by molar-refractivity contribution is -0.115. The van der Waals surface area contributed by atoms with Gasteiger partial charge in [0.1, 0.15) is 0 Å². The van der Waals surface area contributed by atoms with Crippen molar-refractivity contribution in [1.82, 2.24) is 4.90 Å². The maximum Gasteiger partial charge on any atom is 0.228 e. The summed E-state index contributed by atoms with van der Waals surface area (Å²) in [6.07, 6.45) is 0.237. The van der Waals surface area contributed by atoms with E-state index in [-0.39, 0.29) is 12.3 Å². The van der Waals surface area contributed by atoms with Gasteiger partial charge in [-0.1, -0.05) is 28.1 Å². The first-order valence-electron chi connectivity index (χ1n) is 10.4. The number of carbonyl (C=O) groups is 1. The maximum absolute atomic E-state index is 12.7. The molecule has 0 aliphatic carbocycles. The van der Waals surface area contributed by atoms with Gasteiger partial charge in [0.15, 0.2) is 11.5 Å². The molecule has 0 radical (unpaired) electrons. The molecule has 0 atom stereocenters. The zero-order valence-corrected chi connectivity index (χ0v) is 19.2. The lowest BCUT2D eigenvalue weighted by Gasteiger charge is -2.26. The molecule has 7 heteroatoms. The minimum absolute atomic E-state index is 0.0779. The highest BCUT2D eigenvalue weighted by Gasteiger charge is 2.15. The van der Waals surface area contributed by atoms with Crippen molar-refractivity contribution in [2.45, 2.75) is 26.8 Å². The second kappa shape index (κ2) is 11.3. The molecule has 0 aromatic heterocycles. The number of nitrogens with one attached hydrogen (secondary N) is 1. The van der Waals surface area contributed by atoms with E-state index >= 15 is 0 Å². The van der Waals surface area contributed by atoms with Gasteiger partial charge in [-0.05, 0) is 49.2 Å². The molecular formula is C23H29BrN2O4. The van der Waals surface area contributed by atoms with Gasteiger partial charge in [0.05, 0.1) is 32.8 Å². The molecule has 1 aliphatic rings. The van der Waals surface area contributed by atoms with Crippen molar-refractivity contribution in [3.8, 4) is 11.5 Å². The molecule has 0 spiro atoms. The van der Waals surface area contributed by atoms with E-state index in [0.717, 1.165) is 48.6 Å². The fourth-order valence-electron chi connectivity index (χ4n) is 3.39. The Bertz CT molecular complexity index is 853. The van der Waals surface area contributed by atoms with Gasteiger partial charge in [0, 0.05) is 29.8 Å². The van der Waals surface area contributed by atoms with Crippen molar-refractivity contribution in [2.24, 2.45) is 0 Å². The summed E-state index contributed by atoms with van der Waals surface area (Å²) in [6.45, 7) is 9.21. The van der Waals surface area contributed by atoms with Gasteiger partial charge in [0.2, 0.25) is 5.91 Å². The molecular weight excluding hydrogens is 448 g/mol. The Morgan fingerprint density at radius 3 is 2.50 bits per heavy atom. The fraction of sp³-hybridized carbons (Fsp3) is 0.435. The Hall–Kier alpha value is -2.09. The van der Waals surface area contributed by atoms with Crippen molar-refractivity contribution >= 4 is 27.5 Å². The van der Waals surface area contributed by atoms with E-state index < -0.39 is 0 Å². The highest BCUT2D eigenvalue weighted by molar-refractivity contribution is 9.10. The molecule has 1 amide bonds. The molecule has 30 heavy (non-hydrogen) atoms. The molecule has 1 N–H and O–H groups in total. The maximum atomic E-state index is 12.7. The van der Waals surface area contributed by atoms with Crippen LogP contribution in [0.15, 0.2) is 40.9 Å². The summed E-state index contributed by atoms with van der Waals surface area (Å²) in [5, 5.41) is 3.01. The normalized spacial score (nSPS) is 14.4. The monoisotopic (exact) mass is 476 g/mol. The van der Waals surface area contributed by atoms with E-state index in [9.17, 15) is 4.79 Å².